The molecular formula is C16H20ClF3N4O. The van der Waals surface area contributed by atoms with Crippen molar-refractivity contribution in [3.8, 4) is 5.69 Å². The summed E-state index contributed by atoms with van der Waals surface area (Å²) in [6.45, 7) is 3.85. The van der Waals surface area contributed by atoms with E-state index in [0.717, 1.165) is 16.4 Å². The number of aryl methyl sites for hydroxylation is 1. The van der Waals surface area contributed by atoms with Crippen molar-refractivity contribution in [3.63, 3.8) is 0 Å². The first-order chi connectivity index (χ1) is 11.2. The topological polar surface area (TPSA) is 58.9 Å². The Hall–Kier alpha value is -2.06. The van der Waals surface area contributed by atoms with E-state index in [0.29, 0.717) is 0 Å². The second-order valence-corrected chi connectivity index (χ2v) is 5.55. The molecule has 9 heteroatoms. The van der Waals surface area contributed by atoms with E-state index in [1.807, 2.05) is 6.92 Å². The minimum absolute atomic E-state index is 0. The fourth-order valence-electron chi connectivity index (χ4n) is 2.11. The molecule has 1 atom stereocenters. The van der Waals surface area contributed by atoms with Crippen LogP contribution in [0.5, 0.6) is 0 Å². The number of rotatable bonds is 5. The number of likely N-dealkylation sites (N-methyl/N-ethyl adjacent to an activating group) is 1. The first kappa shape index (κ1) is 21.0. The summed E-state index contributed by atoms with van der Waals surface area (Å²) in [6, 6.07) is 6.37. The van der Waals surface area contributed by atoms with Gasteiger partial charge in [-0.15, -0.1) is 12.4 Å². The van der Waals surface area contributed by atoms with E-state index in [9.17, 15) is 18.0 Å². The van der Waals surface area contributed by atoms with Crippen LogP contribution < -0.4 is 10.6 Å². The lowest BCUT2D eigenvalue weighted by Gasteiger charge is -2.14. The number of amides is 1. The van der Waals surface area contributed by atoms with Gasteiger partial charge in [-0.05, 0) is 33.0 Å². The molecule has 138 valence electrons. The molecular weight excluding hydrogens is 357 g/mol. The Labute approximate surface area is 150 Å². The van der Waals surface area contributed by atoms with Crippen molar-refractivity contribution in [1.82, 2.24) is 20.4 Å². The van der Waals surface area contributed by atoms with Crippen molar-refractivity contribution in [2.75, 3.05) is 13.6 Å². The predicted octanol–water partition coefficient (Wildman–Crippen LogP) is 2.96. The van der Waals surface area contributed by atoms with Gasteiger partial charge in [-0.1, -0.05) is 17.7 Å². The molecule has 1 aromatic heterocycles. The molecule has 0 saturated carbocycles. The van der Waals surface area contributed by atoms with Crippen LogP contribution in [-0.2, 0) is 6.18 Å². The van der Waals surface area contributed by atoms with Crippen LogP contribution in [0.4, 0.5) is 13.2 Å². The van der Waals surface area contributed by atoms with Crippen LogP contribution in [-0.4, -0.2) is 35.3 Å². The molecule has 0 aliphatic rings. The summed E-state index contributed by atoms with van der Waals surface area (Å²) in [7, 11) is 1.70. The number of hydrogen-bond acceptors (Lipinski definition) is 3. The molecule has 2 rings (SSSR count). The van der Waals surface area contributed by atoms with Gasteiger partial charge in [-0.25, -0.2) is 4.68 Å². The summed E-state index contributed by atoms with van der Waals surface area (Å²) in [4.78, 5) is 12.1. The highest BCUT2D eigenvalue weighted by Gasteiger charge is 2.40. The quantitative estimate of drug-likeness (QED) is 0.843. The van der Waals surface area contributed by atoms with Gasteiger partial charge in [-0.3, -0.25) is 4.79 Å². The van der Waals surface area contributed by atoms with Crippen LogP contribution in [0.25, 0.3) is 5.69 Å². The number of carbonyl (C=O) groups excluding carboxylic acids is 1. The van der Waals surface area contributed by atoms with E-state index in [2.05, 4.69) is 15.7 Å². The molecule has 0 radical (unpaired) electrons. The van der Waals surface area contributed by atoms with E-state index >= 15 is 0 Å². The van der Waals surface area contributed by atoms with Crippen molar-refractivity contribution < 1.29 is 18.0 Å². The highest BCUT2D eigenvalue weighted by Crippen LogP contribution is 2.33. The van der Waals surface area contributed by atoms with Gasteiger partial charge >= 0.3 is 6.18 Å². The Bertz CT molecular complexity index is 713. The average Bonchev–Trinajstić information content (AvgIpc) is 2.98. The molecule has 0 aliphatic heterocycles. The Kier molecular flexibility index (Phi) is 7.01. The van der Waals surface area contributed by atoms with E-state index < -0.39 is 23.3 Å². The molecule has 25 heavy (non-hydrogen) atoms. The summed E-state index contributed by atoms with van der Waals surface area (Å²) in [5, 5.41) is 9.15. The normalized spacial score (nSPS) is 12.4. The Balaban J connectivity index is 0.00000312. The third kappa shape index (κ3) is 4.96. The maximum absolute atomic E-state index is 13.5. The maximum Gasteiger partial charge on any atom is 0.434 e. The molecule has 0 bridgehead atoms. The van der Waals surface area contributed by atoms with Crippen LogP contribution >= 0.6 is 12.4 Å². The lowest BCUT2D eigenvalue weighted by atomic mass is 10.2. The Morgan fingerprint density at radius 1 is 1.28 bits per heavy atom. The molecule has 1 heterocycles. The largest absolute Gasteiger partial charge is 0.434 e. The van der Waals surface area contributed by atoms with Crippen LogP contribution in [0.3, 0.4) is 0 Å². The van der Waals surface area contributed by atoms with Crippen molar-refractivity contribution in [2.24, 2.45) is 0 Å². The van der Waals surface area contributed by atoms with Crippen molar-refractivity contribution >= 4 is 18.3 Å². The molecule has 1 unspecified atom stereocenters. The fraction of sp³-hybridized carbons (Fsp3) is 0.375. The molecule has 0 spiro atoms. The SMILES string of the molecule is CNC(C)CNC(=O)c1cnn(-c2ccc(C)cc2)c1C(F)(F)F.Cl. The first-order valence-electron chi connectivity index (χ1n) is 7.41. The number of hydrogen-bond donors (Lipinski definition) is 2. The summed E-state index contributed by atoms with van der Waals surface area (Å²) in [6.07, 6.45) is -3.76. The van der Waals surface area contributed by atoms with Gasteiger partial charge in [-0.2, -0.15) is 18.3 Å². The maximum atomic E-state index is 13.5. The highest BCUT2D eigenvalue weighted by atomic mass is 35.5. The molecule has 1 aromatic carbocycles. The number of nitrogens with zero attached hydrogens (tertiary/aromatic N) is 2. The van der Waals surface area contributed by atoms with Crippen LogP contribution in [0.2, 0.25) is 0 Å². The molecule has 2 aromatic rings. The van der Waals surface area contributed by atoms with Gasteiger partial charge in [0.15, 0.2) is 5.69 Å². The lowest BCUT2D eigenvalue weighted by Crippen LogP contribution is -2.37. The average molecular weight is 377 g/mol. The number of carbonyl (C=O) groups is 1. The third-order valence-electron chi connectivity index (χ3n) is 3.62. The third-order valence-corrected chi connectivity index (χ3v) is 3.62. The number of halogens is 4. The minimum atomic E-state index is -4.71. The van der Waals surface area contributed by atoms with Gasteiger partial charge in [0.2, 0.25) is 0 Å². The van der Waals surface area contributed by atoms with Gasteiger partial charge in [0.05, 0.1) is 17.4 Å². The number of aromatic nitrogens is 2. The van der Waals surface area contributed by atoms with Gasteiger partial charge < -0.3 is 10.6 Å². The second kappa shape index (κ2) is 8.35. The Morgan fingerprint density at radius 2 is 1.88 bits per heavy atom. The molecule has 5 nitrogen and oxygen atoms in total. The molecule has 0 saturated heterocycles. The van der Waals surface area contributed by atoms with E-state index in [1.54, 1.807) is 26.1 Å². The smallest absolute Gasteiger partial charge is 0.350 e. The van der Waals surface area contributed by atoms with Gasteiger partial charge in [0.25, 0.3) is 5.91 Å². The number of benzene rings is 1. The molecule has 1 amide bonds. The zero-order valence-corrected chi connectivity index (χ0v) is 14.8. The minimum Gasteiger partial charge on any atom is -0.350 e. The highest BCUT2D eigenvalue weighted by molar-refractivity contribution is 5.95. The van der Waals surface area contributed by atoms with Gasteiger partial charge in [0.1, 0.15) is 0 Å². The molecule has 0 fully saturated rings. The number of nitrogens with one attached hydrogen (secondary N) is 2. The molecule has 2 N–H and O–H groups in total. The van der Waals surface area contributed by atoms with Gasteiger partial charge in [0, 0.05) is 12.6 Å². The zero-order valence-electron chi connectivity index (χ0n) is 14.0. The van der Waals surface area contributed by atoms with Crippen LogP contribution in [0.15, 0.2) is 30.5 Å². The summed E-state index contributed by atoms with van der Waals surface area (Å²) >= 11 is 0. The lowest BCUT2D eigenvalue weighted by molar-refractivity contribution is -0.143. The van der Waals surface area contributed by atoms with Crippen molar-refractivity contribution in [2.45, 2.75) is 26.1 Å². The van der Waals surface area contributed by atoms with Crippen LogP contribution in [0, 0.1) is 6.92 Å². The fourth-order valence-corrected chi connectivity index (χ4v) is 2.11. The van der Waals surface area contributed by atoms with E-state index in [4.69, 9.17) is 0 Å². The van der Waals surface area contributed by atoms with Crippen LogP contribution in [0.1, 0.15) is 28.5 Å². The van der Waals surface area contributed by atoms with E-state index in [1.165, 1.54) is 12.1 Å². The second-order valence-electron chi connectivity index (χ2n) is 5.55. The first-order valence-corrected chi connectivity index (χ1v) is 7.41. The number of alkyl halides is 3. The zero-order chi connectivity index (χ0) is 17.9. The van der Waals surface area contributed by atoms with Crippen molar-refractivity contribution in [1.29, 1.82) is 0 Å². The molecule has 0 aliphatic carbocycles. The predicted molar refractivity (Wildman–Crippen MR) is 91.4 cm³/mol. The Morgan fingerprint density at radius 3 is 2.40 bits per heavy atom. The summed E-state index contributed by atoms with van der Waals surface area (Å²) < 4.78 is 41.2. The van der Waals surface area contributed by atoms with Crippen molar-refractivity contribution in [3.05, 3.63) is 47.3 Å². The summed E-state index contributed by atoms with van der Waals surface area (Å²) in [5.74, 6) is -0.803. The standard InChI is InChI=1S/C16H19F3N4O.ClH/c1-10-4-6-12(7-5-10)23-14(16(17,18)19)13(9-22-23)15(24)21-8-11(2)20-3;/h4-7,9,11,20H,8H2,1-3H3,(H,21,24);1H. The monoisotopic (exact) mass is 376 g/mol. The summed E-state index contributed by atoms with van der Waals surface area (Å²) in [5.41, 5.74) is -0.415. The van der Waals surface area contributed by atoms with E-state index in [-0.39, 0.29) is 30.7 Å².